The molecule has 0 saturated heterocycles. The lowest BCUT2D eigenvalue weighted by molar-refractivity contribution is -0.143. The number of nitrogens with one attached hydrogen (secondary N) is 1. The molecule has 0 aliphatic heterocycles. The van der Waals surface area contributed by atoms with Crippen molar-refractivity contribution in [3.05, 3.63) is 64.5 Å². The molecule has 3 rings (SSSR count). The van der Waals surface area contributed by atoms with Gasteiger partial charge in [-0.05, 0) is 50.6 Å². The van der Waals surface area contributed by atoms with Crippen LogP contribution in [0, 0.1) is 0 Å². The second kappa shape index (κ2) is 12.7. The SMILES string of the molecule is COCOc1cc2oc(=O)ccc2cc1OS(=O)(=O)Oc1ccc(C[C@@H](NC(=O)OC(C)(C)C)C(=O)OC)cc1. The van der Waals surface area contributed by atoms with Crippen LogP contribution >= 0.6 is 0 Å². The Kier molecular flexibility index (Phi) is 9.60. The van der Waals surface area contributed by atoms with Gasteiger partial charge in [-0.15, -0.1) is 8.42 Å². The summed E-state index contributed by atoms with van der Waals surface area (Å²) in [6, 6.07) is 9.83. The molecule has 216 valence electrons. The number of benzene rings is 2. The lowest BCUT2D eigenvalue weighted by Crippen LogP contribution is -2.45. The van der Waals surface area contributed by atoms with Crippen LogP contribution < -0.4 is 24.0 Å². The summed E-state index contributed by atoms with van der Waals surface area (Å²) >= 11 is 0. The van der Waals surface area contributed by atoms with Crippen molar-refractivity contribution >= 4 is 33.4 Å². The van der Waals surface area contributed by atoms with Crippen LogP contribution in [0.3, 0.4) is 0 Å². The van der Waals surface area contributed by atoms with Gasteiger partial charge in [0.05, 0.1) is 7.11 Å². The highest BCUT2D eigenvalue weighted by atomic mass is 32.3. The van der Waals surface area contributed by atoms with E-state index in [1.54, 1.807) is 20.8 Å². The number of fused-ring (bicyclic) bond motifs is 1. The molecule has 0 saturated carbocycles. The van der Waals surface area contributed by atoms with E-state index in [-0.39, 0.29) is 36.0 Å². The van der Waals surface area contributed by atoms with Crippen molar-refractivity contribution < 1.29 is 49.7 Å². The quantitative estimate of drug-likeness (QED) is 0.201. The van der Waals surface area contributed by atoms with Gasteiger partial charge < -0.3 is 37.0 Å². The Hall–Kier alpha value is -4.30. The van der Waals surface area contributed by atoms with Crippen molar-refractivity contribution in [2.75, 3.05) is 21.0 Å². The predicted octanol–water partition coefficient (Wildman–Crippen LogP) is 3.09. The van der Waals surface area contributed by atoms with Crippen molar-refractivity contribution in [2.45, 2.75) is 38.8 Å². The summed E-state index contributed by atoms with van der Waals surface area (Å²) in [5, 5.41) is 2.83. The smallest absolute Gasteiger partial charge is 0.467 e. The summed E-state index contributed by atoms with van der Waals surface area (Å²) < 4.78 is 60.8. The topological polar surface area (TPSA) is 166 Å². The van der Waals surface area contributed by atoms with Crippen LogP contribution in [0.4, 0.5) is 4.79 Å². The molecule has 1 atom stereocenters. The number of methoxy groups -OCH3 is 2. The lowest BCUT2D eigenvalue weighted by atomic mass is 10.1. The number of carbonyl (C=O) groups excluding carboxylic acids is 2. The summed E-state index contributed by atoms with van der Waals surface area (Å²) in [5.74, 6) is -1.09. The zero-order valence-corrected chi connectivity index (χ0v) is 23.2. The third kappa shape index (κ3) is 8.88. The summed E-state index contributed by atoms with van der Waals surface area (Å²) in [6.07, 6.45) is -0.765. The van der Waals surface area contributed by atoms with Crippen LogP contribution in [-0.2, 0) is 35.8 Å². The van der Waals surface area contributed by atoms with E-state index in [1.165, 1.54) is 62.8 Å². The molecule has 0 radical (unpaired) electrons. The predicted molar refractivity (Wildman–Crippen MR) is 140 cm³/mol. The molecule has 0 spiro atoms. The van der Waals surface area contributed by atoms with Crippen LogP contribution in [0.2, 0.25) is 0 Å². The number of hydrogen-bond donors (Lipinski definition) is 1. The van der Waals surface area contributed by atoms with E-state index in [4.69, 9.17) is 31.7 Å². The molecule has 0 unspecified atom stereocenters. The zero-order valence-electron chi connectivity index (χ0n) is 22.4. The van der Waals surface area contributed by atoms with Gasteiger partial charge in [0, 0.05) is 31.0 Å². The summed E-state index contributed by atoms with van der Waals surface area (Å²) in [4.78, 5) is 35.8. The monoisotopic (exact) mass is 579 g/mol. The molecule has 1 N–H and O–H groups in total. The Morgan fingerprint density at radius 3 is 2.30 bits per heavy atom. The van der Waals surface area contributed by atoms with Crippen LogP contribution in [0.5, 0.6) is 17.2 Å². The fourth-order valence-electron chi connectivity index (χ4n) is 3.32. The first kappa shape index (κ1) is 30.2. The maximum atomic E-state index is 12.7. The van der Waals surface area contributed by atoms with E-state index >= 15 is 0 Å². The highest BCUT2D eigenvalue weighted by Gasteiger charge is 2.26. The van der Waals surface area contributed by atoms with E-state index in [9.17, 15) is 22.8 Å². The van der Waals surface area contributed by atoms with E-state index in [2.05, 4.69) is 5.32 Å². The molecule has 0 fully saturated rings. The maximum absolute atomic E-state index is 12.7. The Labute approximate surface area is 230 Å². The summed E-state index contributed by atoms with van der Waals surface area (Å²) in [5.41, 5.74) is -0.664. The van der Waals surface area contributed by atoms with Crippen molar-refractivity contribution in [1.82, 2.24) is 5.32 Å². The third-order valence-corrected chi connectivity index (χ3v) is 5.73. The number of alkyl carbamates (subject to hydrolysis) is 1. The largest absolute Gasteiger partial charge is 0.501 e. The summed E-state index contributed by atoms with van der Waals surface area (Å²) in [6.45, 7) is 4.81. The minimum Gasteiger partial charge on any atom is -0.467 e. The molecular weight excluding hydrogens is 550 g/mol. The minimum absolute atomic E-state index is 0.0306. The molecule has 1 heterocycles. The molecule has 1 amide bonds. The van der Waals surface area contributed by atoms with E-state index in [0.717, 1.165) is 0 Å². The van der Waals surface area contributed by atoms with E-state index in [1.807, 2.05) is 0 Å². The standard InChI is InChI=1S/C26H29NO12S/c1-26(2,3)37-25(30)27-19(24(29)34-5)12-16-6-9-18(10-7-16)38-40(31,32)39-22-13-17-8-11-23(28)36-20(17)14-21(22)35-15-33-4/h6-11,13-14,19H,12,15H2,1-5H3,(H,27,30)/t19-/m1/s1. The second-order valence-electron chi connectivity index (χ2n) is 9.29. The van der Waals surface area contributed by atoms with Crippen molar-refractivity contribution in [3.63, 3.8) is 0 Å². The van der Waals surface area contributed by atoms with Gasteiger partial charge in [0.2, 0.25) is 0 Å². The Morgan fingerprint density at radius 2 is 1.68 bits per heavy atom. The average molecular weight is 580 g/mol. The maximum Gasteiger partial charge on any atom is 0.501 e. The molecule has 0 aliphatic carbocycles. The van der Waals surface area contributed by atoms with Crippen LogP contribution in [0.15, 0.2) is 57.7 Å². The first-order valence-corrected chi connectivity index (χ1v) is 13.1. The van der Waals surface area contributed by atoms with Gasteiger partial charge in [-0.25, -0.2) is 14.4 Å². The normalized spacial score (nSPS) is 12.3. The molecule has 0 bridgehead atoms. The van der Waals surface area contributed by atoms with Gasteiger partial charge in [0.1, 0.15) is 23.0 Å². The molecule has 40 heavy (non-hydrogen) atoms. The molecular formula is C26H29NO12S. The fourth-order valence-corrected chi connectivity index (χ4v) is 4.05. The number of rotatable bonds is 11. The van der Waals surface area contributed by atoms with Gasteiger partial charge >= 0.3 is 28.1 Å². The van der Waals surface area contributed by atoms with Crippen molar-refractivity contribution in [1.29, 1.82) is 0 Å². The zero-order chi connectivity index (χ0) is 29.5. The van der Waals surface area contributed by atoms with Gasteiger partial charge in [-0.1, -0.05) is 12.1 Å². The first-order valence-electron chi connectivity index (χ1n) is 11.8. The van der Waals surface area contributed by atoms with E-state index in [0.29, 0.717) is 10.9 Å². The van der Waals surface area contributed by atoms with Crippen LogP contribution in [0.25, 0.3) is 11.0 Å². The van der Waals surface area contributed by atoms with Crippen LogP contribution in [-0.4, -0.2) is 53.1 Å². The molecule has 14 heteroatoms. The Balaban J connectivity index is 1.74. The van der Waals surface area contributed by atoms with Crippen LogP contribution in [0.1, 0.15) is 26.3 Å². The van der Waals surface area contributed by atoms with Gasteiger partial charge in [-0.2, -0.15) is 0 Å². The Bertz CT molecular complexity index is 1510. The van der Waals surface area contributed by atoms with Crippen molar-refractivity contribution in [2.24, 2.45) is 0 Å². The first-order chi connectivity index (χ1) is 18.8. The van der Waals surface area contributed by atoms with Gasteiger partial charge in [0.25, 0.3) is 0 Å². The molecule has 0 aliphatic rings. The Morgan fingerprint density at radius 1 is 0.975 bits per heavy atom. The minimum atomic E-state index is -4.66. The number of ether oxygens (including phenoxy) is 4. The third-order valence-electron chi connectivity index (χ3n) is 4.95. The molecule has 13 nitrogen and oxygen atoms in total. The lowest BCUT2D eigenvalue weighted by Gasteiger charge is -2.22. The average Bonchev–Trinajstić information content (AvgIpc) is 2.86. The van der Waals surface area contributed by atoms with Gasteiger partial charge in [-0.3, -0.25) is 0 Å². The van der Waals surface area contributed by atoms with Crippen molar-refractivity contribution in [3.8, 4) is 17.2 Å². The highest BCUT2D eigenvalue weighted by molar-refractivity contribution is 7.82. The molecule has 3 aromatic rings. The van der Waals surface area contributed by atoms with E-state index < -0.39 is 39.7 Å². The second-order valence-corrected chi connectivity index (χ2v) is 10.4. The number of hydrogen-bond acceptors (Lipinski definition) is 12. The number of carbonyl (C=O) groups is 2. The van der Waals surface area contributed by atoms with Gasteiger partial charge in [0.15, 0.2) is 18.3 Å². The fraction of sp³-hybridized carbons (Fsp3) is 0.346. The highest BCUT2D eigenvalue weighted by Crippen LogP contribution is 2.33. The number of amides is 1. The summed E-state index contributed by atoms with van der Waals surface area (Å²) in [7, 11) is -2.11. The number of esters is 1. The molecule has 1 aromatic heterocycles. The molecule has 2 aromatic carbocycles.